The summed E-state index contributed by atoms with van der Waals surface area (Å²) in [5.74, 6) is 3.00. The summed E-state index contributed by atoms with van der Waals surface area (Å²) in [6.07, 6.45) is 8.78. The number of piperazine rings is 1. The smallest absolute Gasteiger partial charge is 0.224 e. The van der Waals surface area contributed by atoms with Crippen molar-refractivity contribution in [3.8, 4) is 0 Å². The van der Waals surface area contributed by atoms with Crippen LogP contribution < -0.4 is 10.2 Å². The Hall–Kier alpha value is -2.04. The highest BCUT2D eigenvalue weighted by Crippen LogP contribution is 2.61. The van der Waals surface area contributed by atoms with Crippen LogP contribution in [0, 0.1) is 23.2 Å². The van der Waals surface area contributed by atoms with Crippen LogP contribution >= 0.6 is 0 Å². The van der Waals surface area contributed by atoms with Crippen molar-refractivity contribution in [1.29, 1.82) is 0 Å². The number of carbonyl (C=O) groups is 2. The summed E-state index contributed by atoms with van der Waals surface area (Å²) in [6, 6.07) is 8.21. The first-order valence-electron chi connectivity index (χ1n) is 11.4. The molecule has 1 aromatic carbocycles. The van der Waals surface area contributed by atoms with Gasteiger partial charge in [0.05, 0.1) is 0 Å². The number of rotatable bonds is 4. The average molecular weight is 396 g/mol. The molecule has 0 radical (unpaired) electrons. The highest BCUT2D eigenvalue weighted by atomic mass is 16.2. The van der Waals surface area contributed by atoms with Crippen molar-refractivity contribution in [2.45, 2.75) is 51.9 Å². The number of anilines is 2. The lowest BCUT2D eigenvalue weighted by molar-refractivity contribution is -0.129. The molecule has 156 valence electrons. The number of hydrogen-bond acceptors (Lipinski definition) is 3. The van der Waals surface area contributed by atoms with E-state index in [1.165, 1.54) is 38.5 Å². The molecule has 1 aliphatic heterocycles. The van der Waals surface area contributed by atoms with Gasteiger partial charge in [-0.05, 0) is 86.0 Å². The van der Waals surface area contributed by atoms with Crippen LogP contribution in [0.4, 0.5) is 11.4 Å². The molecular formula is C24H33N3O2. The molecule has 29 heavy (non-hydrogen) atoms. The van der Waals surface area contributed by atoms with Gasteiger partial charge >= 0.3 is 0 Å². The number of carbonyl (C=O) groups excluding carboxylic acids is 2. The minimum Gasteiger partial charge on any atom is -0.368 e. The fourth-order valence-corrected chi connectivity index (χ4v) is 7.09. The van der Waals surface area contributed by atoms with E-state index in [4.69, 9.17) is 0 Å². The maximum absolute atomic E-state index is 12.8. The summed E-state index contributed by atoms with van der Waals surface area (Å²) in [7, 11) is 0. The molecule has 1 heterocycles. The van der Waals surface area contributed by atoms with Gasteiger partial charge in [-0.15, -0.1) is 0 Å². The first kappa shape index (κ1) is 19.0. The predicted molar refractivity (Wildman–Crippen MR) is 115 cm³/mol. The maximum Gasteiger partial charge on any atom is 0.224 e. The molecule has 4 aliphatic carbocycles. The second kappa shape index (κ2) is 7.33. The fourth-order valence-electron chi connectivity index (χ4n) is 7.09. The third-order valence-corrected chi connectivity index (χ3v) is 7.94. The summed E-state index contributed by atoms with van der Waals surface area (Å²) in [6.45, 7) is 4.91. The molecule has 0 spiro atoms. The minimum absolute atomic E-state index is 0.154. The molecule has 5 aliphatic rings. The van der Waals surface area contributed by atoms with Crippen LogP contribution in [0.5, 0.6) is 0 Å². The van der Waals surface area contributed by atoms with Gasteiger partial charge in [-0.25, -0.2) is 0 Å². The largest absolute Gasteiger partial charge is 0.368 e. The van der Waals surface area contributed by atoms with Crippen LogP contribution in [0.3, 0.4) is 0 Å². The monoisotopic (exact) mass is 395 g/mol. The van der Waals surface area contributed by atoms with Crippen LogP contribution in [-0.2, 0) is 9.59 Å². The molecular weight excluding hydrogens is 362 g/mol. The Morgan fingerprint density at radius 1 is 0.931 bits per heavy atom. The number of nitrogens with zero attached hydrogens (tertiary/aromatic N) is 2. The van der Waals surface area contributed by atoms with Gasteiger partial charge in [0.1, 0.15) is 0 Å². The van der Waals surface area contributed by atoms with Crippen molar-refractivity contribution < 1.29 is 9.59 Å². The van der Waals surface area contributed by atoms with E-state index in [0.29, 0.717) is 6.42 Å². The number of amides is 2. The average Bonchev–Trinajstić information content (AvgIpc) is 2.67. The zero-order chi connectivity index (χ0) is 20.0. The molecule has 5 heteroatoms. The van der Waals surface area contributed by atoms with Crippen molar-refractivity contribution in [2.24, 2.45) is 23.2 Å². The van der Waals surface area contributed by atoms with Crippen LogP contribution in [0.1, 0.15) is 51.9 Å². The molecule has 5 fully saturated rings. The predicted octanol–water partition coefficient (Wildman–Crippen LogP) is 3.90. The van der Waals surface area contributed by atoms with Gasteiger partial charge < -0.3 is 15.1 Å². The van der Waals surface area contributed by atoms with Gasteiger partial charge in [0.2, 0.25) is 11.8 Å². The normalized spacial score (nSPS) is 33.1. The molecule has 0 unspecified atom stereocenters. The highest BCUT2D eigenvalue weighted by Gasteiger charge is 2.51. The summed E-state index contributed by atoms with van der Waals surface area (Å²) in [5, 5.41) is 3.16. The van der Waals surface area contributed by atoms with E-state index in [1.807, 2.05) is 17.0 Å². The molecule has 2 amide bonds. The van der Waals surface area contributed by atoms with Crippen molar-refractivity contribution in [2.75, 3.05) is 36.4 Å². The van der Waals surface area contributed by atoms with Crippen molar-refractivity contribution >= 4 is 23.2 Å². The summed E-state index contributed by atoms with van der Waals surface area (Å²) in [4.78, 5) is 28.5. The Kier molecular flexibility index (Phi) is 4.79. The number of benzene rings is 1. The van der Waals surface area contributed by atoms with Crippen molar-refractivity contribution in [3.05, 3.63) is 24.3 Å². The van der Waals surface area contributed by atoms with Gasteiger partial charge in [0.15, 0.2) is 0 Å². The zero-order valence-corrected chi connectivity index (χ0v) is 17.5. The summed E-state index contributed by atoms with van der Waals surface area (Å²) in [5.41, 5.74) is 2.34. The number of hydrogen-bond donors (Lipinski definition) is 1. The van der Waals surface area contributed by atoms with E-state index in [2.05, 4.69) is 22.3 Å². The Balaban J connectivity index is 1.16. The first-order valence-corrected chi connectivity index (χ1v) is 11.4. The van der Waals surface area contributed by atoms with Gasteiger partial charge in [-0.1, -0.05) is 0 Å². The Morgan fingerprint density at radius 3 is 2.00 bits per heavy atom. The van der Waals surface area contributed by atoms with Crippen LogP contribution in [0.15, 0.2) is 24.3 Å². The van der Waals surface area contributed by atoms with Crippen LogP contribution in [0.25, 0.3) is 0 Å². The van der Waals surface area contributed by atoms with Crippen LogP contribution in [0.2, 0.25) is 0 Å². The molecule has 4 bridgehead atoms. The number of nitrogens with one attached hydrogen (secondary N) is 1. The molecule has 4 saturated carbocycles. The zero-order valence-electron chi connectivity index (χ0n) is 17.5. The SMILES string of the molecule is CC(=O)N1CCN(c2ccc(NC(=O)CC34CC5CC(CC(C5)C3)C4)cc2)CC1. The lowest BCUT2D eigenvalue weighted by Crippen LogP contribution is -2.48. The van der Waals surface area contributed by atoms with Gasteiger partial charge in [0.25, 0.3) is 0 Å². The van der Waals surface area contributed by atoms with E-state index < -0.39 is 0 Å². The Labute approximate surface area is 173 Å². The molecule has 0 aromatic heterocycles. The van der Waals surface area contributed by atoms with Gasteiger partial charge in [-0.3, -0.25) is 9.59 Å². The standard InChI is InChI=1S/C24H33N3O2/c1-17(28)26-6-8-27(9-7-26)22-4-2-21(3-5-22)25-23(29)16-24-13-18-10-19(14-24)12-20(11-18)15-24/h2-5,18-20H,6-16H2,1H3,(H,25,29). The molecule has 1 saturated heterocycles. The lowest BCUT2D eigenvalue weighted by atomic mass is 9.49. The Bertz CT molecular complexity index is 745. The van der Waals surface area contributed by atoms with E-state index in [9.17, 15) is 9.59 Å². The molecule has 5 nitrogen and oxygen atoms in total. The quantitative estimate of drug-likeness (QED) is 0.841. The van der Waals surface area contributed by atoms with Crippen LogP contribution in [-0.4, -0.2) is 42.9 Å². The third-order valence-electron chi connectivity index (χ3n) is 7.94. The Morgan fingerprint density at radius 2 is 1.48 bits per heavy atom. The fraction of sp³-hybridized carbons (Fsp3) is 0.667. The van der Waals surface area contributed by atoms with Crippen molar-refractivity contribution in [1.82, 2.24) is 4.90 Å². The van der Waals surface area contributed by atoms with E-state index in [0.717, 1.165) is 55.3 Å². The van der Waals surface area contributed by atoms with E-state index in [1.54, 1.807) is 6.92 Å². The second-order valence-corrected chi connectivity index (χ2v) is 10.2. The second-order valence-electron chi connectivity index (χ2n) is 10.2. The first-order chi connectivity index (χ1) is 14.0. The van der Waals surface area contributed by atoms with E-state index in [-0.39, 0.29) is 17.2 Å². The molecule has 6 rings (SSSR count). The minimum atomic E-state index is 0.154. The van der Waals surface area contributed by atoms with E-state index >= 15 is 0 Å². The summed E-state index contributed by atoms with van der Waals surface area (Å²) >= 11 is 0. The third kappa shape index (κ3) is 3.88. The topological polar surface area (TPSA) is 52.7 Å². The summed E-state index contributed by atoms with van der Waals surface area (Å²) < 4.78 is 0. The lowest BCUT2D eigenvalue weighted by Gasteiger charge is -2.56. The van der Waals surface area contributed by atoms with Crippen molar-refractivity contribution in [3.63, 3.8) is 0 Å². The maximum atomic E-state index is 12.8. The molecule has 1 N–H and O–H groups in total. The molecule has 0 atom stereocenters. The van der Waals surface area contributed by atoms with Gasteiger partial charge in [0, 0.05) is 50.9 Å². The molecule has 1 aromatic rings. The highest BCUT2D eigenvalue weighted by molar-refractivity contribution is 5.91. The van der Waals surface area contributed by atoms with Gasteiger partial charge in [-0.2, -0.15) is 0 Å².